The molecule has 0 saturated carbocycles. The van der Waals surface area contributed by atoms with Gasteiger partial charge in [-0.05, 0) is 38.2 Å². The van der Waals surface area contributed by atoms with Crippen LogP contribution in [0.2, 0.25) is 0 Å². The van der Waals surface area contributed by atoms with Crippen LogP contribution in [0, 0.1) is 5.41 Å². The van der Waals surface area contributed by atoms with Gasteiger partial charge < -0.3 is 24.0 Å². The number of carboxylic acid groups (broad SMARTS) is 1. The zero-order chi connectivity index (χ0) is 25.5. The van der Waals surface area contributed by atoms with Gasteiger partial charge in [0.15, 0.2) is 5.43 Å². The van der Waals surface area contributed by atoms with E-state index in [0.717, 1.165) is 46.9 Å². The van der Waals surface area contributed by atoms with Crippen molar-refractivity contribution in [1.29, 1.82) is 0 Å². The van der Waals surface area contributed by atoms with E-state index in [0.29, 0.717) is 18.8 Å². The first-order valence-corrected chi connectivity index (χ1v) is 12.2. The average molecular weight is 481 g/mol. The number of hydrogen-bond acceptors (Lipinski definition) is 5. The fourth-order valence-electron chi connectivity index (χ4n) is 5.15. The molecule has 0 aliphatic carbocycles. The second kappa shape index (κ2) is 9.53. The maximum Gasteiger partial charge on any atom is 0.341 e. The Morgan fingerprint density at radius 3 is 2.60 bits per heavy atom. The Morgan fingerprint density at radius 1 is 1.26 bits per heavy atom. The van der Waals surface area contributed by atoms with Crippen LogP contribution >= 0.6 is 0 Å². The Kier molecular flexibility index (Phi) is 6.82. The molecule has 2 aliphatic rings. The topological polar surface area (TPSA) is 81.0 Å². The van der Waals surface area contributed by atoms with E-state index in [2.05, 4.69) is 39.5 Å². The molecule has 7 nitrogen and oxygen atoms in total. The molecule has 4 rings (SSSR count). The van der Waals surface area contributed by atoms with Gasteiger partial charge in [0.25, 0.3) is 0 Å². The molecule has 2 unspecified atom stereocenters. The number of carboxylic acids is 1. The molecule has 0 radical (unpaired) electrons. The summed E-state index contributed by atoms with van der Waals surface area (Å²) in [4.78, 5) is 26.8. The lowest BCUT2D eigenvalue weighted by atomic mass is 9.84. The molecule has 188 valence electrons. The van der Waals surface area contributed by atoms with Gasteiger partial charge in [-0.3, -0.25) is 4.79 Å². The zero-order valence-corrected chi connectivity index (χ0v) is 21.6. The van der Waals surface area contributed by atoms with Crippen molar-refractivity contribution < 1.29 is 19.4 Å². The first-order valence-electron chi connectivity index (χ1n) is 12.2. The van der Waals surface area contributed by atoms with Crippen LogP contribution < -0.4 is 20.6 Å². The SMILES string of the molecule is CC(C)=c1c(OCC2CCCO2)ccc/c1=C1\c2cc(=O)c(C(=O)O)cn2C(C(C)(C)C)CN1C. The first kappa shape index (κ1) is 25.0. The lowest BCUT2D eigenvalue weighted by molar-refractivity contribution is 0.0675. The van der Waals surface area contributed by atoms with E-state index >= 15 is 0 Å². The molecule has 2 aliphatic heterocycles. The number of rotatable bonds is 4. The van der Waals surface area contributed by atoms with Gasteiger partial charge in [-0.25, -0.2) is 4.79 Å². The standard InChI is InChI=1S/C28H36N2O5/c1-17(2)25-19(10-7-11-23(25)35-16-18-9-8-12-34-18)26-21-13-22(31)20(27(32)33)14-30(21)24(15-29(26)6)28(3,4)5/h7,10-11,13-14,18,24H,8-9,12,15-16H2,1-6H3,(H,32,33)/b26-19-. The minimum absolute atomic E-state index is 0.0148. The molecule has 0 amide bonds. The molecule has 1 N–H and O–H groups in total. The van der Waals surface area contributed by atoms with Crippen molar-refractivity contribution in [3.63, 3.8) is 0 Å². The fourth-order valence-corrected chi connectivity index (χ4v) is 5.15. The Morgan fingerprint density at radius 2 is 2.00 bits per heavy atom. The third kappa shape index (κ3) is 4.87. The van der Waals surface area contributed by atoms with Gasteiger partial charge in [0.2, 0.25) is 0 Å². The highest BCUT2D eigenvalue weighted by Crippen LogP contribution is 2.37. The van der Waals surface area contributed by atoms with Crippen LogP contribution in [-0.4, -0.2) is 53.5 Å². The fraction of sp³-hybridized carbons (Fsp3) is 0.500. The van der Waals surface area contributed by atoms with E-state index < -0.39 is 11.4 Å². The number of pyridine rings is 1. The van der Waals surface area contributed by atoms with Crippen molar-refractivity contribution in [2.24, 2.45) is 5.41 Å². The summed E-state index contributed by atoms with van der Waals surface area (Å²) in [6, 6.07) is 7.45. The van der Waals surface area contributed by atoms with E-state index in [1.807, 2.05) is 29.8 Å². The summed E-state index contributed by atoms with van der Waals surface area (Å²) in [6.07, 6.45) is 3.68. The maximum atomic E-state index is 12.8. The molecule has 0 bridgehead atoms. The third-order valence-corrected chi connectivity index (χ3v) is 6.95. The molecule has 2 aromatic rings. The van der Waals surface area contributed by atoms with Crippen molar-refractivity contribution in [2.75, 3.05) is 26.8 Å². The number of benzene rings is 1. The van der Waals surface area contributed by atoms with E-state index in [9.17, 15) is 14.7 Å². The van der Waals surface area contributed by atoms with Gasteiger partial charge in [0.05, 0.1) is 23.5 Å². The highest BCUT2D eigenvalue weighted by Gasteiger charge is 2.35. The van der Waals surface area contributed by atoms with Gasteiger partial charge in [-0.15, -0.1) is 0 Å². The molecular weight excluding hydrogens is 444 g/mol. The smallest absolute Gasteiger partial charge is 0.341 e. The van der Waals surface area contributed by atoms with Crippen LogP contribution in [-0.2, 0) is 4.74 Å². The molecular formula is C28H36N2O5. The number of likely N-dealkylation sites (N-methyl/N-ethyl adjacent to an activating group) is 1. The molecule has 35 heavy (non-hydrogen) atoms. The molecule has 1 saturated heterocycles. The first-order chi connectivity index (χ1) is 16.5. The summed E-state index contributed by atoms with van der Waals surface area (Å²) in [5.74, 6) is -0.422. The van der Waals surface area contributed by atoms with Crippen molar-refractivity contribution >= 4 is 17.2 Å². The maximum absolute atomic E-state index is 12.8. The number of carbonyl (C=O) groups is 1. The van der Waals surface area contributed by atoms with E-state index in [4.69, 9.17) is 9.47 Å². The largest absolute Gasteiger partial charge is 0.490 e. The van der Waals surface area contributed by atoms with Gasteiger partial charge >= 0.3 is 5.97 Å². The third-order valence-electron chi connectivity index (χ3n) is 6.95. The summed E-state index contributed by atoms with van der Waals surface area (Å²) >= 11 is 0. The van der Waals surface area contributed by atoms with E-state index in [-0.39, 0.29) is 23.1 Å². The number of hydrogen-bond donors (Lipinski definition) is 1. The molecule has 7 heteroatoms. The van der Waals surface area contributed by atoms with Crippen molar-refractivity contribution in [2.45, 2.75) is 59.6 Å². The number of ether oxygens (including phenoxy) is 2. The van der Waals surface area contributed by atoms with Crippen LogP contribution in [0.5, 0.6) is 5.75 Å². The Hall–Kier alpha value is -3.06. The van der Waals surface area contributed by atoms with Crippen LogP contribution in [0.3, 0.4) is 0 Å². The predicted molar refractivity (Wildman–Crippen MR) is 136 cm³/mol. The van der Waals surface area contributed by atoms with Crippen LogP contribution in [0.15, 0.2) is 35.3 Å². The predicted octanol–water partition coefficient (Wildman–Crippen LogP) is 2.98. The van der Waals surface area contributed by atoms with Gasteiger partial charge in [-0.1, -0.05) is 38.5 Å². The molecule has 2 atom stereocenters. The van der Waals surface area contributed by atoms with Crippen LogP contribution in [0.1, 0.15) is 69.6 Å². The summed E-state index contributed by atoms with van der Waals surface area (Å²) < 4.78 is 14.0. The number of fused-ring (bicyclic) bond motifs is 1. The lowest BCUT2D eigenvalue weighted by Gasteiger charge is -2.43. The Bertz CT molecular complexity index is 1310. The summed E-state index contributed by atoms with van der Waals surface area (Å²) in [5, 5.41) is 11.6. The molecule has 0 spiro atoms. The van der Waals surface area contributed by atoms with E-state index in [1.54, 1.807) is 0 Å². The minimum Gasteiger partial charge on any atom is -0.490 e. The van der Waals surface area contributed by atoms with Crippen LogP contribution in [0.25, 0.3) is 11.3 Å². The summed E-state index contributed by atoms with van der Waals surface area (Å²) in [7, 11) is 2.03. The van der Waals surface area contributed by atoms with Crippen molar-refractivity contribution in [1.82, 2.24) is 9.47 Å². The van der Waals surface area contributed by atoms with Gasteiger partial charge in [0, 0.05) is 42.9 Å². The second-order valence-corrected chi connectivity index (χ2v) is 10.9. The van der Waals surface area contributed by atoms with Crippen molar-refractivity contribution in [3.05, 3.63) is 62.4 Å². The summed E-state index contributed by atoms with van der Waals surface area (Å²) in [6.45, 7) is 12.5. The van der Waals surface area contributed by atoms with E-state index in [1.165, 1.54) is 12.3 Å². The van der Waals surface area contributed by atoms with Gasteiger partial charge in [0.1, 0.15) is 17.9 Å². The lowest BCUT2D eigenvalue weighted by Crippen LogP contribution is -2.46. The quantitative estimate of drug-likeness (QED) is 0.725. The normalized spacial score (nSPS) is 21.6. The number of nitrogens with zero attached hydrogens (tertiary/aromatic N) is 2. The monoisotopic (exact) mass is 480 g/mol. The molecule has 3 heterocycles. The molecule has 1 aromatic heterocycles. The van der Waals surface area contributed by atoms with Crippen LogP contribution in [0.4, 0.5) is 0 Å². The summed E-state index contributed by atoms with van der Waals surface area (Å²) in [5.41, 5.74) is 1.85. The van der Waals surface area contributed by atoms with Crippen molar-refractivity contribution in [3.8, 4) is 5.75 Å². The molecule has 1 aromatic carbocycles. The Labute approximate surface area is 206 Å². The highest BCUT2D eigenvalue weighted by atomic mass is 16.5. The Balaban J connectivity index is 1.99. The number of aromatic carboxylic acids is 1. The average Bonchev–Trinajstić information content (AvgIpc) is 3.29. The number of aromatic nitrogens is 1. The highest BCUT2D eigenvalue weighted by molar-refractivity contribution is 5.87. The minimum atomic E-state index is -1.21. The van der Waals surface area contributed by atoms with Gasteiger partial charge in [-0.2, -0.15) is 0 Å². The molecule has 1 fully saturated rings. The second-order valence-electron chi connectivity index (χ2n) is 10.9. The zero-order valence-electron chi connectivity index (χ0n) is 21.6.